The van der Waals surface area contributed by atoms with Crippen molar-refractivity contribution in [1.82, 2.24) is 15.2 Å². The smallest absolute Gasteiger partial charge is 0.232 e. The predicted octanol–water partition coefficient (Wildman–Crippen LogP) is 3.63. The Balaban J connectivity index is 1.58. The molecule has 3 aromatic heterocycles. The number of carbonyl (C=O) groups excluding carboxylic acids is 1. The van der Waals surface area contributed by atoms with Crippen LogP contribution in [0.15, 0.2) is 28.4 Å². The molecule has 0 unspecified atom stereocenters. The number of hydrogen-bond donors (Lipinski definition) is 1. The molecule has 0 aromatic carbocycles. The second-order valence-corrected chi connectivity index (χ2v) is 7.40. The number of rotatable bonds is 6. The molecule has 8 heteroatoms. The van der Waals surface area contributed by atoms with Crippen LogP contribution in [0.1, 0.15) is 24.5 Å². The van der Waals surface area contributed by atoms with E-state index in [9.17, 15) is 4.79 Å². The van der Waals surface area contributed by atoms with Gasteiger partial charge in [-0.2, -0.15) is 0 Å². The first kappa shape index (κ1) is 15.8. The third-order valence-electron chi connectivity index (χ3n) is 2.96. The average molecular weight is 348 g/mol. The summed E-state index contributed by atoms with van der Waals surface area (Å²) in [6, 6.07) is 1.85. The van der Waals surface area contributed by atoms with E-state index >= 15 is 0 Å². The van der Waals surface area contributed by atoms with Gasteiger partial charge in [0.25, 0.3) is 0 Å². The molecular formula is C15H16N4O2S2. The highest BCUT2D eigenvalue weighted by molar-refractivity contribution is 7.15. The number of furan rings is 1. The maximum atomic E-state index is 12.1. The van der Waals surface area contributed by atoms with Crippen molar-refractivity contribution in [3.05, 3.63) is 34.7 Å². The van der Waals surface area contributed by atoms with Crippen molar-refractivity contribution in [1.29, 1.82) is 0 Å². The highest BCUT2D eigenvalue weighted by Crippen LogP contribution is 2.24. The van der Waals surface area contributed by atoms with Crippen LogP contribution in [0.4, 0.5) is 5.13 Å². The van der Waals surface area contributed by atoms with Crippen LogP contribution in [0.3, 0.4) is 0 Å². The minimum atomic E-state index is -0.138. The molecule has 3 heterocycles. The van der Waals surface area contributed by atoms with Gasteiger partial charge in [0.05, 0.1) is 18.4 Å². The van der Waals surface area contributed by atoms with Crippen LogP contribution >= 0.6 is 22.7 Å². The largest absolute Gasteiger partial charge is 0.472 e. The van der Waals surface area contributed by atoms with Crippen molar-refractivity contribution < 1.29 is 9.21 Å². The van der Waals surface area contributed by atoms with Gasteiger partial charge in [0.1, 0.15) is 16.3 Å². The first-order valence-electron chi connectivity index (χ1n) is 7.19. The number of thiazole rings is 1. The Morgan fingerprint density at radius 2 is 2.26 bits per heavy atom. The standard InChI is InChI=1S/C15H16N4O2S2/c1-9(2)5-13-18-19-15(23-13)17-12(20)6-11-8-22-14(16-11)10-3-4-21-7-10/h3-4,7-9H,5-6H2,1-2H3,(H,17,19,20). The van der Waals surface area contributed by atoms with Gasteiger partial charge >= 0.3 is 0 Å². The summed E-state index contributed by atoms with van der Waals surface area (Å²) < 4.78 is 5.04. The molecule has 3 rings (SSSR count). The Morgan fingerprint density at radius 1 is 1.39 bits per heavy atom. The Bertz CT molecular complexity index is 777. The van der Waals surface area contributed by atoms with Gasteiger partial charge < -0.3 is 9.73 Å². The summed E-state index contributed by atoms with van der Waals surface area (Å²) in [7, 11) is 0. The van der Waals surface area contributed by atoms with Crippen molar-refractivity contribution in [2.75, 3.05) is 5.32 Å². The van der Waals surface area contributed by atoms with Crippen LogP contribution in [0, 0.1) is 5.92 Å². The molecule has 3 aromatic rings. The molecule has 0 atom stereocenters. The van der Waals surface area contributed by atoms with Gasteiger partial charge in [-0.15, -0.1) is 21.5 Å². The molecule has 1 N–H and O–H groups in total. The summed E-state index contributed by atoms with van der Waals surface area (Å²) in [6.45, 7) is 4.25. The van der Waals surface area contributed by atoms with E-state index in [0.717, 1.165) is 27.7 Å². The molecule has 0 fully saturated rings. The lowest BCUT2D eigenvalue weighted by Gasteiger charge is -1.99. The summed E-state index contributed by atoms with van der Waals surface area (Å²) in [4.78, 5) is 16.5. The van der Waals surface area contributed by atoms with E-state index in [0.29, 0.717) is 11.0 Å². The molecule has 0 saturated heterocycles. The molecule has 0 bridgehead atoms. The van der Waals surface area contributed by atoms with Crippen LogP contribution in [-0.2, 0) is 17.6 Å². The number of nitrogens with zero attached hydrogens (tertiary/aromatic N) is 3. The normalized spacial score (nSPS) is 11.1. The van der Waals surface area contributed by atoms with Crippen LogP contribution < -0.4 is 5.32 Å². The summed E-state index contributed by atoms with van der Waals surface area (Å²) in [5.74, 6) is 0.379. The summed E-state index contributed by atoms with van der Waals surface area (Å²) in [5.41, 5.74) is 1.65. The van der Waals surface area contributed by atoms with Gasteiger partial charge in [-0.1, -0.05) is 25.2 Å². The van der Waals surface area contributed by atoms with E-state index < -0.39 is 0 Å². The lowest BCUT2D eigenvalue weighted by Crippen LogP contribution is -2.14. The lowest BCUT2D eigenvalue weighted by molar-refractivity contribution is -0.115. The Kier molecular flexibility index (Phi) is 4.82. The topological polar surface area (TPSA) is 80.9 Å². The van der Waals surface area contributed by atoms with Gasteiger partial charge in [0.15, 0.2) is 0 Å². The SMILES string of the molecule is CC(C)Cc1nnc(NC(=O)Cc2csc(-c3ccoc3)n2)s1. The molecule has 6 nitrogen and oxygen atoms in total. The third-order valence-corrected chi connectivity index (χ3v) is 4.76. The summed E-state index contributed by atoms with van der Waals surface area (Å²) >= 11 is 2.91. The zero-order chi connectivity index (χ0) is 16.2. The molecule has 23 heavy (non-hydrogen) atoms. The number of amides is 1. The number of hydrogen-bond acceptors (Lipinski definition) is 7. The fraction of sp³-hybridized carbons (Fsp3) is 0.333. The van der Waals surface area contributed by atoms with E-state index in [1.54, 1.807) is 12.5 Å². The zero-order valence-corrected chi connectivity index (χ0v) is 14.4. The second kappa shape index (κ2) is 7.01. The van der Waals surface area contributed by atoms with E-state index in [-0.39, 0.29) is 12.3 Å². The maximum absolute atomic E-state index is 12.1. The van der Waals surface area contributed by atoms with E-state index in [2.05, 4.69) is 34.3 Å². The van der Waals surface area contributed by atoms with Gasteiger partial charge in [-0.25, -0.2) is 4.98 Å². The third kappa shape index (κ3) is 4.23. The highest BCUT2D eigenvalue weighted by Gasteiger charge is 2.12. The molecule has 0 aliphatic heterocycles. The summed E-state index contributed by atoms with van der Waals surface area (Å²) in [6.07, 6.45) is 4.33. The van der Waals surface area contributed by atoms with Crippen LogP contribution in [0.2, 0.25) is 0 Å². The lowest BCUT2D eigenvalue weighted by atomic mass is 10.1. The van der Waals surface area contributed by atoms with E-state index in [1.165, 1.54) is 22.7 Å². The second-order valence-electron chi connectivity index (χ2n) is 5.48. The fourth-order valence-electron chi connectivity index (χ4n) is 1.97. The molecular weight excluding hydrogens is 332 g/mol. The fourth-order valence-corrected chi connectivity index (χ4v) is 3.74. The molecule has 0 spiro atoms. The Labute approximate surface area is 141 Å². The van der Waals surface area contributed by atoms with E-state index in [4.69, 9.17) is 4.42 Å². The molecule has 1 amide bonds. The van der Waals surface area contributed by atoms with Crippen LogP contribution in [-0.4, -0.2) is 21.1 Å². The minimum absolute atomic E-state index is 0.138. The van der Waals surface area contributed by atoms with Crippen LogP contribution in [0.5, 0.6) is 0 Å². The number of carbonyl (C=O) groups is 1. The van der Waals surface area contributed by atoms with Crippen molar-refractivity contribution >= 4 is 33.7 Å². The highest BCUT2D eigenvalue weighted by atomic mass is 32.1. The molecule has 0 aliphatic rings. The number of aromatic nitrogens is 3. The summed E-state index contributed by atoms with van der Waals surface area (Å²) in [5, 5.41) is 15.1. The van der Waals surface area contributed by atoms with Crippen LogP contribution in [0.25, 0.3) is 10.6 Å². The quantitative estimate of drug-likeness (QED) is 0.735. The molecule has 0 radical (unpaired) electrons. The molecule has 0 aliphatic carbocycles. The van der Waals surface area contributed by atoms with Crippen molar-refractivity contribution in [3.63, 3.8) is 0 Å². The maximum Gasteiger partial charge on any atom is 0.232 e. The molecule has 120 valence electrons. The first-order valence-corrected chi connectivity index (χ1v) is 8.89. The average Bonchev–Trinajstić information content (AvgIpc) is 3.19. The van der Waals surface area contributed by atoms with E-state index in [1.807, 2.05) is 11.4 Å². The van der Waals surface area contributed by atoms with Crippen molar-refractivity contribution in [2.24, 2.45) is 5.92 Å². The van der Waals surface area contributed by atoms with Gasteiger partial charge in [0.2, 0.25) is 11.0 Å². The van der Waals surface area contributed by atoms with Crippen molar-refractivity contribution in [3.8, 4) is 10.6 Å². The Hall–Kier alpha value is -2.06. The first-order chi connectivity index (χ1) is 11.1. The number of nitrogens with one attached hydrogen (secondary N) is 1. The van der Waals surface area contributed by atoms with Gasteiger partial charge in [0, 0.05) is 17.4 Å². The van der Waals surface area contributed by atoms with Gasteiger partial charge in [-0.3, -0.25) is 4.79 Å². The predicted molar refractivity (Wildman–Crippen MR) is 90.6 cm³/mol. The monoisotopic (exact) mass is 348 g/mol. The Morgan fingerprint density at radius 3 is 3.00 bits per heavy atom. The van der Waals surface area contributed by atoms with Gasteiger partial charge in [-0.05, 0) is 12.0 Å². The number of anilines is 1. The zero-order valence-electron chi connectivity index (χ0n) is 12.8. The minimum Gasteiger partial charge on any atom is -0.472 e. The molecule has 0 saturated carbocycles. The van der Waals surface area contributed by atoms with Crippen molar-refractivity contribution in [2.45, 2.75) is 26.7 Å².